The number of ether oxygens (including phenoxy) is 1. The van der Waals surface area contributed by atoms with Crippen LogP contribution < -0.4 is 5.32 Å². The molecule has 4 heterocycles. The van der Waals surface area contributed by atoms with Gasteiger partial charge < -0.3 is 19.9 Å². The van der Waals surface area contributed by atoms with E-state index in [1.54, 1.807) is 32.5 Å². The summed E-state index contributed by atoms with van der Waals surface area (Å²) in [5.41, 5.74) is 0.843. The van der Waals surface area contributed by atoms with Crippen LogP contribution in [-0.4, -0.2) is 82.8 Å². The van der Waals surface area contributed by atoms with Gasteiger partial charge in [0.25, 0.3) is 11.8 Å². The molecule has 2 saturated heterocycles. The number of nitrogens with one attached hydrogen (secondary N) is 1. The fourth-order valence-corrected chi connectivity index (χ4v) is 3.63. The monoisotopic (exact) mass is 385 g/mol. The fourth-order valence-electron chi connectivity index (χ4n) is 3.63. The van der Waals surface area contributed by atoms with E-state index >= 15 is 0 Å². The van der Waals surface area contributed by atoms with Gasteiger partial charge in [0.15, 0.2) is 5.69 Å². The molecule has 4 rings (SSSR count). The highest BCUT2D eigenvalue weighted by Gasteiger charge is 2.27. The minimum absolute atomic E-state index is 0.0328. The van der Waals surface area contributed by atoms with Crippen molar-refractivity contribution in [1.29, 1.82) is 0 Å². The first kappa shape index (κ1) is 18.4. The number of carbonyl (C=O) groups excluding carboxylic acids is 3. The van der Waals surface area contributed by atoms with Crippen LogP contribution in [0.15, 0.2) is 24.4 Å². The van der Waals surface area contributed by atoms with Crippen LogP contribution in [0.2, 0.25) is 0 Å². The molecule has 148 valence electrons. The van der Waals surface area contributed by atoms with E-state index in [-0.39, 0.29) is 29.4 Å². The van der Waals surface area contributed by atoms with Crippen LogP contribution in [0.4, 0.5) is 0 Å². The van der Waals surface area contributed by atoms with E-state index in [0.29, 0.717) is 38.2 Å². The Kier molecular flexibility index (Phi) is 5.25. The Morgan fingerprint density at radius 3 is 2.79 bits per heavy atom. The maximum atomic E-state index is 13.0. The van der Waals surface area contributed by atoms with Crippen molar-refractivity contribution < 1.29 is 19.1 Å². The lowest BCUT2D eigenvalue weighted by Crippen LogP contribution is -2.48. The number of carbonyl (C=O) groups is 3. The molecule has 9 heteroatoms. The average Bonchev–Trinajstić information content (AvgIpc) is 3.39. The molecule has 0 bridgehead atoms. The second kappa shape index (κ2) is 7.97. The summed E-state index contributed by atoms with van der Waals surface area (Å²) in [5.74, 6) is -0.377. The van der Waals surface area contributed by atoms with Crippen LogP contribution in [-0.2, 0) is 9.53 Å². The largest absolute Gasteiger partial charge is 0.376 e. The second-order valence-electron chi connectivity index (χ2n) is 7.02. The lowest BCUT2D eigenvalue weighted by molar-refractivity contribution is -0.119. The van der Waals surface area contributed by atoms with Crippen molar-refractivity contribution in [3.63, 3.8) is 0 Å². The zero-order valence-corrected chi connectivity index (χ0v) is 15.5. The molecule has 9 nitrogen and oxygen atoms in total. The molecule has 2 aliphatic heterocycles. The zero-order chi connectivity index (χ0) is 19.5. The van der Waals surface area contributed by atoms with E-state index in [0.717, 1.165) is 25.9 Å². The third-order valence-corrected chi connectivity index (χ3v) is 5.22. The summed E-state index contributed by atoms with van der Waals surface area (Å²) in [6.45, 7) is 3.04. The molecule has 0 spiro atoms. The maximum Gasteiger partial charge on any atom is 0.287 e. The van der Waals surface area contributed by atoms with Crippen LogP contribution >= 0.6 is 0 Å². The van der Waals surface area contributed by atoms with Crippen molar-refractivity contribution in [3.05, 3.63) is 35.9 Å². The van der Waals surface area contributed by atoms with Crippen molar-refractivity contribution >= 4 is 23.7 Å². The molecule has 0 aliphatic carbocycles. The molecule has 28 heavy (non-hydrogen) atoms. The zero-order valence-electron chi connectivity index (χ0n) is 15.5. The topological polar surface area (TPSA) is 96.3 Å². The van der Waals surface area contributed by atoms with E-state index in [4.69, 9.17) is 4.74 Å². The van der Waals surface area contributed by atoms with Crippen LogP contribution in [0, 0.1) is 0 Å². The molecule has 2 aromatic heterocycles. The molecule has 1 atom stereocenters. The number of hydrogen-bond acceptors (Lipinski definition) is 5. The highest BCUT2D eigenvalue weighted by atomic mass is 16.5. The first-order valence-electron chi connectivity index (χ1n) is 9.53. The number of nitrogens with zero attached hydrogens (tertiary/aromatic N) is 4. The quantitative estimate of drug-likeness (QED) is 0.740. The molecule has 3 amide bonds. The number of hydrogen-bond donors (Lipinski definition) is 1. The number of amides is 3. The van der Waals surface area contributed by atoms with Crippen LogP contribution in [0.3, 0.4) is 0 Å². The SMILES string of the molecule is O=CN1CCN(C(=O)c2nc(C(=O)NCC3CCCO3)n3ccccc23)CC1. The number of fused-ring (bicyclic) bond motifs is 1. The van der Waals surface area contributed by atoms with Gasteiger partial charge in [0.05, 0.1) is 11.6 Å². The molecule has 2 aromatic rings. The predicted molar refractivity (Wildman–Crippen MR) is 100 cm³/mol. The van der Waals surface area contributed by atoms with Crippen LogP contribution in [0.1, 0.15) is 33.9 Å². The Morgan fingerprint density at radius 2 is 2.07 bits per heavy atom. The number of aromatic nitrogens is 2. The smallest absolute Gasteiger partial charge is 0.287 e. The Morgan fingerprint density at radius 1 is 1.25 bits per heavy atom. The van der Waals surface area contributed by atoms with E-state index in [9.17, 15) is 14.4 Å². The molecule has 2 fully saturated rings. The van der Waals surface area contributed by atoms with Gasteiger partial charge in [-0.25, -0.2) is 4.98 Å². The molecule has 2 aliphatic rings. The summed E-state index contributed by atoms with van der Waals surface area (Å²) in [5, 5.41) is 2.86. The van der Waals surface area contributed by atoms with Crippen molar-refractivity contribution in [1.82, 2.24) is 24.5 Å². The van der Waals surface area contributed by atoms with Crippen LogP contribution in [0.25, 0.3) is 5.52 Å². The van der Waals surface area contributed by atoms with Crippen LogP contribution in [0.5, 0.6) is 0 Å². The third-order valence-electron chi connectivity index (χ3n) is 5.22. The third kappa shape index (κ3) is 3.57. The summed E-state index contributed by atoms with van der Waals surface area (Å²) in [7, 11) is 0. The van der Waals surface area contributed by atoms with Crippen molar-refractivity contribution in [2.75, 3.05) is 39.3 Å². The number of pyridine rings is 1. The molecule has 0 aromatic carbocycles. The molecule has 0 saturated carbocycles. The average molecular weight is 385 g/mol. The molecular formula is C19H23N5O4. The van der Waals surface area contributed by atoms with E-state index in [2.05, 4.69) is 10.3 Å². The van der Waals surface area contributed by atoms with Gasteiger partial charge in [-0.3, -0.25) is 18.8 Å². The number of piperazine rings is 1. The second-order valence-corrected chi connectivity index (χ2v) is 7.02. The first-order chi connectivity index (χ1) is 13.7. The summed E-state index contributed by atoms with van der Waals surface area (Å²) in [6.07, 6.45) is 4.49. The van der Waals surface area contributed by atoms with Gasteiger partial charge in [-0.05, 0) is 25.0 Å². The summed E-state index contributed by atoms with van der Waals surface area (Å²) >= 11 is 0. The summed E-state index contributed by atoms with van der Waals surface area (Å²) in [6, 6.07) is 5.38. The van der Waals surface area contributed by atoms with E-state index in [1.165, 1.54) is 0 Å². The summed E-state index contributed by atoms with van der Waals surface area (Å²) in [4.78, 5) is 44.3. The highest BCUT2D eigenvalue weighted by Crippen LogP contribution is 2.17. The normalized spacial score (nSPS) is 19.8. The molecule has 1 N–H and O–H groups in total. The standard InChI is InChI=1S/C19H23N5O4/c25-13-22-7-9-23(10-8-22)19(27)16-15-5-1-2-6-24(15)17(21-16)18(26)20-12-14-4-3-11-28-14/h1-2,5-6,13-14H,3-4,7-12H2,(H,20,26). The maximum absolute atomic E-state index is 13.0. The van der Waals surface area contributed by atoms with E-state index < -0.39 is 0 Å². The minimum atomic E-state index is -0.332. The van der Waals surface area contributed by atoms with Gasteiger partial charge in [-0.1, -0.05) is 6.07 Å². The Hall–Kier alpha value is -2.94. The van der Waals surface area contributed by atoms with Gasteiger partial charge in [-0.2, -0.15) is 0 Å². The fraction of sp³-hybridized carbons (Fsp3) is 0.474. The minimum Gasteiger partial charge on any atom is -0.376 e. The Bertz CT molecular complexity index is 882. The first-order valence-corrected chi connectivity index (χ1v) is 9.53. The van der Waals surface area contributed by atoms with Gasteiger partial charge in [-0.15, -0.1) is 0 Å². The number of imidazole rings is 1. The summed E-state index contributed by atoms with van der Waals surface area (Å²) < 4.78 is 7.17. The molecular weight excluding hydrogens is 362 g/mol. The van der Waals surface area contributed by atoms with E-state index in [1.807, 2.05) is 6.07 Å². The van der Waals surface area contributed by atoms with Gasteiger partial charge in [0.2, 0.25) is 12.2 Å². The van der Waals surface area contributed by atoms with Gasteiger partial charge in [0.1, 0.15) is 0 Å². The van der Waals surface area contributed by atoms with Gasteiger partial charge >= 0.3 is 0 Å². The van der Waals surface area contributed by atoms with Crippen molar-refractivity contribution in [2.45, 2.75) is 18.9 Å². The molecule has 1 unspecified atom stereocenters. The predicted octanol–water partition coefficient (Wildman–Crippen LogP) is 0.157. The molecule has 0 radical (unpaired) electrons. The Labute approximate surface area is 162 Å². The highest BCUT2D eigenvalue weighted by molar-refractivity contribution is 6.02. The lowest BCUT2D eigenvalue weighted by atomic mass is 10.2. The van der Waals surface area contributed by atoms with Crippen molar-refractivity contribution in [3.8, 4) is 0 Å². The number of rotatable bonds is 5. The van der Waals surface area contributed by atoms with Gasteiger partial charge in [0, 0.05) is 45.5 Å². The lowest BCUT2D eigenvalue weighted by Gasteiger charge is -2.32. The van der Waals surface area contributed by atoms with Crippen molar-refractivity contribution in [2.24, 2.45) is 0 Å². The Balaban J connectivity index is 1.55.